The van der Waals surface area contributed by atoms with Crippen molar-refractivity contribution in [3.05, 3.63) is 70.3 Å². The molecule has 0 aromatic heterocycles. The summed E-state index contributed by atoms with van der Waals surface area (Å²) in [6.07, 6.45) is 0.769. The predicted octanol–water partition coefficient (Wildman–Crippen LogP) is 3.55. The molecular formula is C27H36N4O3. The van der Waals surface area contributed by atoms with Gasteiger partial charge >= 0.3 is 6.09 Å². The van der Waals surface area contributed by atoms with Gasteiger partial charge in [-0.15, -0.1) is 0 Å². The predicted molar refractivity (Wildman–Crippen MR) is 135 cm³/mol. The van der Waals surface area contributed by atoms with E-state index in [0.29, 0.717) is 6.54 Å². The number of carbonyl (C=O) groups is 1. The van der Waals surface area contributed by atoms with Crippen molar-refractivity contribution in [1.29, 1.82) is 0 Å². The van der Waals surface area contributed by atoms with Crippen molar-refractivity contribution >= 4 is 17.9 Å². The molecule has 0 spiro atoms. The first-order valence-electron chi connectivity index (χ1n) is 11.9. The van der Waals surface area contributed by atoms with E-state index in [1.54, 1.807) is 0 Å². The molecule has 2 aliphatic heterocycles. The maximum absolute atomic E-state index is 12.1. The van der Waals surface area contributed by atoms with E-state index in [4.69, 9.17) is 4.74 Å². The van der Waals surface area contributed by atoms with Crippen LogP contribution >= 0.6 is 0 Å². The molecule has 1 fully saturated rings. The maximum Gasteiger partial charge on any atom is 0.407 e. The Morgan fingerprint density at radius 2 is 1.82 bits per heavy atom. The van der Waals surface area contributed by atoms with E-state index in [1.807, 2.05) is 45.0 Å². The van der Waals surface area contributed by atoms with Crippen molar-refractivity contribution in [1.82, 2.24) is 20.4 Å². The van der Waals surface area contributed by atoms with Crippen LogP contribution < -0.4 is 10.6 Å². The third-order valence-corrected chi connectivity index (χ3v) is 6.19. The number of nitrogens with zero attached hydrogens (tertiary/aromatic N) is 2. The Kier molecular flexibility index (Phi) is 7.26. The Bertz CT molecular complexity index is 1030. The standard InChI is InChI=1S/C27H36N4O3/c1-27(2,3)34-26(33)28-17-21-6-5-7-22-23(21)16-24(29-25(22)32)20-10-8-19(9-11-20)18-31-14-12-30(4)13-15-31/h5-11,16,25,29,32H,12-15,17-18H2,1-4H3,(H,28,33). The third-order valence-electron chi connectivity index (χ3n) is 6.19. The van der Waals surface area contributed by atoms with Crippen LogP contribution in [0.4, 0.5) is 4.79 Å². The molecule has 1 unspecified atom stereocenters. The highest BCUT2D eigenvalue weighted by Gasteiger charge is 2.22. The minimum absolute atomic E-state index is 0.318. The quantitative estimate of drug-likeness (QED) is 0.628. The molecule has 2 aliphatic rings. The minimum Gasteiger partial charge on any atom is -0.444 e. The first-order chi connectivity index (χ1) is 16.2. The number of aliphatic hydroxyl groups is 1. The van der Waals surface area contributed by atoms with E-state index in [2.05, 4.69) is 51.7 Å². The minimum atomic E-state index is -0.818. The second kappa shape index (κ2) is 10.2. The number of rotatable bonds is 5. The summed E-state index contributed by atoms with van der Waals surface area (Å²) in [5, 5.41) is 16.8. The summed E-state index contributed by atoms with van der Waals surface area (Å²) in [5.74, 6) is 0. The average molecular weight is 465 g/mol. The van der Waals surface area contributed by atoms with Gasteiger partial charge in [0.1, 0.15) is 5.60 Å². The van der Waals surface area contributed by atoms with Gasteiger partial charge in [0.15, 0.2) is 6.23 Å². The highest BCUT2D eigenvalue weighted by atomic mass is 16.6. The zero-order valence-electron chi connectivity index (χ0n) is 20.6. The van der Waals surface area contributed by atoms with Gasteiger partial charge in [0.05, 0.1) is 0 Å². The van der Waals surface area contributed by atoms with Crippen molar-refractivity contribution in [2.45, 2.75) is 45.7 Å². The number of amides is 1. The largest absolute Gasteiger partial charge is 0.444 e. The summed E-state index contributed by atoms with van der Waals surface area (Å²) < 4.78 is 5.35. The lowest BCUT2D eigenvalue weighted by molar-refractivity contribution is 0.0523. The third kappa shape index (κ3) is 6.17. The first kappa shape index (κ1) is 24.3. The second-order valence-electron chi connectivity index (χ2n) is 10.2. The van der Waals surface area contributed by atoms with Crippen LogP contribution in [-0.4, -0.2) is 59.8 Å². The van der Waals surface area contributed by atoms with Crippen LogP contribution in [0, 0.1) is 0 Å². The molecule has 1 saturated heterocycles. The Hall–Kier alpha value is -2.87. The number of hydrogen-bond donors (Lipinski definition) is 3. The number of benzene rings is 2. The van der Waals surface area contributed by atoms with Crippen LogP contribution in [0.1, 0.15) is 54.8 Å². The summed E-state index contributed by atoms with van der Waals surface area (Å²) in [7, 11) is 2.17. The topological polar surface area (TPSA) is 77.1 Å². The van der Waals surface area contributed by atoms with Crippen LogP contribution in [-0.2, 0) is 17.8 Å². The number of aliphatic hydroxyl groups excluding tert-OH is 1. The highest BCUT2D eigenvalue weighted by molar-refractivity contribution is 5.84. The number of nitrogens with one attached hydrogen (secondary N) is 2. The number of alkyl carbamates (subject to hydrolysis) is 1. The lowest BCUT2D eigenvalue weighted by Crippen LogP contribution is -2.43. The smallest absolute Gasteiger partial charge is 0.407 e. The molecule has 0 bridgehead atoms. The number of hydrogen-bond acceptors (Lipinski definition) is 6. The number of piperazine rings is 1. The van der Waals surface area contributed by atoms with Gasteiger partial charge in [0, 0.05) is 50.5 Å². The fraction of sp³-hybridized carbons (Fsp3) is 0.444. The van der Waals surface area contributed by atoms with Crippen LogP contribution in [0.2, 0.25) is 0 Å². The molecule has 34 heavy (non-hydrogen) atoms. The van der Waals surface area contributed by atoms with Crippen molar-refractivity contribution in [2.24, 2.45) is 0 Å². The van der Waals surface area contributed by atoms with Crippen molar-refractivity contribution < 1.29 is 14.6 Å². The Balaban J connectivity index is 1.48. The van der Waals surface area contributed by atoms with Gasteiger partial charge in [-0.25, -0.2) is 4.79 Å². The van der Waals surface area contributed by atoms with E-state index in [-0.39, 0.29) is 0 Å². The van der Waals surface area contributed by atoms with Crippen LogP contribution in [0.3, 0.4) is 0 Å². The van der Waals surface area contributed by atoms with Gasteiger partial charge in [-0.3, -0.25) is 4.90 Å². The monoisotopic (exact) mass is 464 g/mol. The van der Waals surface area contributed by atoms with Gasteiger partial charge in [-0.2, -0.15) is 0 Å². The van der Waals surface area contributed by atoms with Gasteiger partial charge in [0.25, 0.3) is 0 Å². The lowest BCUT2D eigenvalue weighted by atomic mass is 9.94. The maximum atomic E-state index is 12.1. The summed E-state index contributed by atoms with van der Waals surface area (Å²) in [5.41, 5.74) is 5.24. The normalized spacial score (nSPS) is 19.1. The Morgan fingerprint density at radius 3 is 2.50 bits per heavy atom. The van der Waals surface area contributed by atoms with Crippen LogP contribution in [0.15, 0.2) is 42.5 Å². The van der Waals surface area contributed by atoms with Crippen molar-refractivity contribution in [2.75, 3.05) is 33.2 Å². The van der Waals surface area contributed by atoms with Gasteiger partial charge in [-0.1, -0.05) is 42.5 Å². The molecule has 1 atom stereocenters. The molecule has 4 rings (SSSR count). The fourth-order valence-electron chi connectivity index (χ4n) is 4.31. The molecule has 7 nitrogen and oxygen atoms in total. The van der Waals surface area contributed by atoms with Crippen molar-refractivity contribution in [3.63, 3.8) is 0 Å². The second-order valence-corrected chi connectivity index (χ2v) is 10.2. The summed E-state index contributed by atoms with van der Waals surface area (Å²) in [6.45, 7) is 11.2. The zero-order valence-corrected chi connectivity index (χ0v) is 20.6. The molecule has 0 radical (unpaired) electrons. The molecule has 2 aromatic carbocycles. The molecular weight excluding hydrogens is 428 g/mol. The molecule has 2 aromatic rings. The number of carbonyl (C=O) groups excluding carboxylic acids is 1. The average Bonchev–Trinajstić information content (AvgIpc) is 2.78. The van der Waals surface area contributed by atoms with E-state index in [0.717, 1.165) is 60.7 Å². The highest BCUT2D eigenvalue weighted by Crippen LogP contribution is 2.31. The summed E-state index contributed by atoms with van der Waals surface area (Å²) in [4.78, 5) is 17.0. The lowest BCUT2D eigenvalue weighted by Gasteiger charge is -2.32. The molecule has 7 heteroatoms. The molecule has 3 N–H and O–H groups in total. The van der Waals surface area contributed by atoms with Gasteiger partial charge in [0.2, 0.25) is 0 Å². The van der Waals surface area contributed by atoms with Gasteiger partial charge < -0.3 is 25.4 Å². The van der Waals surface area contributed by atoms with Crippen LogP contribution in [0.5, 0.6) is 0 Å². The summed E-state index contributed by atoms with van der Waals surface area (Å²) in [6, 6.07) is 14.3. The molecule has 1 amide bonds. The van der Waals surface area contributed by atoms with E-state index >= 15 is 0 Å². The van der Waals surface area contributed by atoms with E-state index < -0.39 is 17.9 Å². The SMILES string of the molecule is CN1CCN(Cc2ccc(C3=Cc4c(CNC(=O)OC(C)(C)C)cccc4C(O)N3)cc2)CC1. The number of likely N-dealkylation sites (N-methyl/N-ethyl adjacent to an activating group) is 1. The molecule has 0 aliphatic carbocycles. The summed E-state index contributed by atoms with van der Waals surface area (Å²) >= 11 is 0. The Labute approximate surface area is 202 Å². The van der Waals surface area contributed by atoms with Gasteiger partial charge in [-0.05, 0) is 56.1 Å². The Morgan fingerprint density at radius 1 is 1.12 bits per heavy atom. The fourth-order valence-corrected chi connectivity index (χ4v) is 4.31. The zero-order chi connectivity index (χ0) is 24.3. The number of fused-ring (bicyclic) bond motifs is 1. The van der Waals surface area contributed by atoms with Crippen molar-refractivity contribution in [3.8, 4) is 0 Å². The molecule has 0 saturated carbocycles. The first-order valence-corrected chi connectivity index (χ1v) is 11.9. The van der Waals surface area contributed by atoms with E-state index in [9.17, 15) is 9.90 Å². The van der Waals surface area contributed by atoms with E-state index in [1.165, 1.54) is 5.56 Å². The number of ether oxygens (including phenoxy) is 1. The molecule has 182 valence electrons. The van der Waals surface area contributed by atoms with Crippen LogP contribution in [0.25, 0.3) is 11.8 Å². The molecule has 2 heterocycles.